The van der Waals surface area contributed by atoms with Gasteiger partial charge in [0.25, 0.3) is 5.91 Å². The fourth-order valence-corrected chi connectivity index (χ4v) is 3.35. The monoisotopic (exact) mass is 297 g/mol. The van der Waals surface area contributed by atoms with Crippen LogP contribution in [0.4, 0.5) is 0 Å². The van der Waals surface area contributed by atoms with Crippen LogP contribution in [0.2, 0.25) is 0 Å². The average molecular weight is 297 g/mol. The van der Waals surface area contributed by atoms with Gasteiger partial charge in [0.2, 0.25) is 0 Å². The van der Waals surface area contributed by atoms with Crippen molar-refractivity contribution < 1.29 is 19.4 Å². The Labute approximate surface area is 122 Å². The van der Waals surface area contributed by atoms with E-state index in [4.69, 9.17) is 9.84 Å². The largest absolute Gasteiger partial charge is 0.480 e. The Kier molecular flexibility index (Phi) is 4.77. The summed E-state index contributed by atoms with van der Waals surface area (Å²) in [6.07, 6.45) is 1.81. The molecule has 0 spiro atoms. The minimum absolute atomic E-state index is 0.0432. The zero-order chi connectivity index (χ0) is 14.7. The Morgan fingerprint density at radius 3 is 2.75 bits per heavy atom. The van der Waals surface area contributed by atoms with Gasteiger partial charge < -0.3 is 14.7 Å². The number of hydrogen-bond acceptors (Lipinski definition) is 4. The predicted molar refractivity (Wildman–Crippen MR) is 76.3 cm³/mol. The van der Waals surface area contributed by atoms with Gasteiger partial charge in [-0.25, -0.2) is 0 Å². The zero-order valence-electron chi connectivity index (χ0n) is 11.7. The van der Waals surface area contributed by atoms with Gasteiger partial charge in [0.15, 0.2) is 0 Å². The summed E-state index contributed by atoms with van der Waals surface area (Å²) in [5, 5.41) is 9.00. The second kappa shape index (κ2) is 6.37. The van der Waals surface area contributed by atoms with E-state index in [9.17, 15) is 9.59 Å². The van der Waals surface area contributed by atoms with Gasteiger partial charge in [-0.2, -0.15) is 0 Å². The molecule has 1 N–H and O–H groups in total. The highest BCUT2D eigenvalue weighted by Crippen LogP contribution is 2.23. The second-order valence-electron chi connectivity index (χ2n) is 5.04. The van der Waals surface area contributed by atoms with E-state index in [1.54, 1.807) is 11.3 Å². The van der Waals surface area contributed by atoms with Crippen LogP contribution >= 0.6 is 11.3 Å². The lowest BCUT2D eigenvalue weighted by Gasteiger charge is -2.23. The number of carbonyl (C=O) groups is 2. The molecule has 1 fully saturated rings. The van der Waals surface area contributed by atoms with E-state index < -0.39 is 5.97 Å². The number of carbonyl (C=O) groups excluding carboxylic acids is 1. The minimum Gasteiger partial charge on any atom is -0.480 e. The van der Waals surface area contributed by atoms with Crippen LogP contribution < -0.4 is 0 Å². The number of rotatable bonds is 5. The van der Waals surface area contributed by atoms with E-state index in [0.717, 1.165) is 22.6 Å². The maximum Gasteiger partial charge on any atom is 0.323 e. The Morgan fingerprint density at radius 1 is 1.50 bits per heavy atom. The first-order chi connectivity index (χ1) is 9.47. The van der Waals surface area contributed by atoms with Crippen LogP contribution in [0.25, 0.3) is 0 Å². The second-order valence-corrected chi connectivity index (χ2v) is 6.50. The molecular weight excluding hydrogens is 278 g/mol. The highest BCUT2D eigenvalue weighted by atomic mass is 32.1. The van der Waals surface area contributed by atoms with Crippen molar-refractivity contribution in [1.29, 1.82) is 0 Å². The summed E-state index contributed by atoms with van der Waals surface area (Å²) in [5.41, 5.74) is 0.603. The molecule has 6 heteroatoms. The van der Waals surface area contributed by atoms with Gasteiger partial charge in [0.05, 0.1) is 11.7 Å². The van der Waals surface area contributed by atoms with Crippen LogP contribution in [0.1, 0.15) is 33.0 Å². The normalized spacial score (nSPS) is 18.2. The summed E-state index contributed by atoms with van der Waals surface area (Å²) in [5.74, 6) is -1.22. The molecule has 1 aliphatic rings. The number of nitrogens with zero attached hydrogens (tertiary/aromatic N) is 1. The highest BCUT2D eigenvalue weighted by molar-refractivity contribution is 7.12. The average Bonchev–Trinajstić information content (AvgIpc) is 2.96. The molecule has 1 amide bonds. The Morgan fingerprint density at radius 2 is 2.25 bits per heavy atom. The van der Waals surface area contributed by atoms with Gasteiger partial charge in [-0.15, -0.1) is 11.3 Å². The van der Waals surface area contributed by atoms with Crippen LogP contribution in [0, 0.1) is 13.8 Å². The summed E-state index contributed by atoms with van der Waals surface area (Å²) in [7, 11) is 0. The van der Waals surface area contributed by atoms with E-state index in [1.807, 2.05) is 19.9 Å². The van der Waals surface area contributed by atoms with Crippen LogP contribution in [0.15, 0.2) is 6.07 Å². The van der Waals surface area contributed by atoms with Crippen molar-refractivity contribution in [1.82, 2.24) is 4.90 Å². The number of aliphatic carboxylic acids is 1. The molecule has 20 heavy (non-hydrogen) atoms. The number of ether oxygens (including phenoxy) is 1. The van der Waals surface area contributed by atoms with Crippen molar-refractivity contribution in [2.45, 2.75) is 32.8 Å². The SMILES string of the molecule is Cc1cc(C(=O)N(CC(=O)O)C[C@@H]2CCCO2)c(C)s1. The van der Waals surface area contributed by atoms with Crippen molar-refractivity contribution in [2.75, 3.05) is 19.7 Å². The third-order valence-electron chi connectivity index (χ3n) is 3.33. The summed E-state index contributed by atoms with van der Waals surface area (Å²) in [4.78, 5) is 26.9. The molecule has 0 radical (unpaired) electrons. The summed E-state index contributed by atoms with van der Waals surface area (Å²) >= 11 is 1.55. The molecule has 1 aromatic heterocycles. The Bertz CT molecular complexity index is 505. The first kappa shape index (κ1) is 15.0. The first-order valence-corrected chi connectivity index (χ1v) is 7.48. The van der Waals surface area contributed by atoms with Gasteiger partial charge in [-0.1, -0.05) is 0 Å². The standard InChI is InChI=1S/C14H19NO4S/c1-9-6-12(10(2)20-9)14(18)15(8-13(16)17)7-11-4-3-5-19-11/h6,11H,3-5,7-8H2,1-2H3,(H,16,17)/t11-/m0/s1. The van der Waals surface area contributed by atoms with E-state index in [1.165, 1.54) is 4.90 Å². The van der Waals surface area contributed by atoms with Crippen molar-refractivity contribution in [2.24, 2.45) is 0 Å². The molecule has 0 aromatic carbocycles. The quantitative estimate of drug-likeness (QED) is 0.903. The van der Waals surface area contributed by atoms with Crippen LogP contribution in [0.3, 0.4) is 0 Å². The first-order valence-electron chi connectivity index (χ1n) is 6.67. The van der Waals surface area contributed by atoms with E-state index in [0.29, 0.717) is 18.7 Å². The minimum atomic E-state index is -0.999. The van der Waals surface area contributed by atoms with E-state index in [2.05, 4.69) is 0 Å². The molecule has 1 aromatic rings. The molecule has 1 saturated heterocycles. The number of hydrogen-bond donors (Lipinski definition) is 1. The summed E-state index contributed by atoms with van der Waals surface area (Å²) in [6, 6.07) is 1.83. The molecule has 0 unspecified atom stereocenters. The van der Waals surface area contributed by atoms with Crippen molar-refractivity contribution in [3.05, 3.63) is 21.4 Å². The lowest BCUT2D eigenvalue weighted by Crippen LogP contribution is -2.40. The number of carboxylic acid groups (broad SMARTS) is 1. The lowest BCUT2D eigenvalue weighted by molar-refractivity contribution is -0.138. The van der Waals surface area contributed by atoms with Crippen LogP contribution in [0.5, 0.6) is 0 Å². The van der Waals surface area contributed by atoms with Gasteiger partial charge in [0.1, 0.15) is 6.54 Å². The molecule has 0 saturated carbocycles. The van der Waals surface area contributed by atoms with E-state index in [-0.39, 0.29) is 18.6 Å². The Hall–Kier alpha value is -1.40. The van der Waals surface area contributed by atoms with Crippen molar-refractivity contribution in [3.63, 3.8) is 0 Å². The van der Waals surface area contributed by atoms with Crippen molar-refractivity contribution >= 4 is 23.2 Å². The number of carboxylic acids is 1. The van der Waals surface area contributed by atoms with Crippen molar-refractivity contribution in [3.8, 4) is 0 Å². The lowest BCUT2D eigenvalue weighted by atomic mass is 10.2. The Balaban J connectivity index is 2.14. The van der Waals surface area contributed by atoms with E-state index >= 15 is 0 Å². The molecule has 2 rings (SSSR count). The van der Waals surface area contributed by atoms with Gasteiger partial charge in [-0.05, 0) is 32.8 Å². The molecule has 1 atom stereocenters. The third kappa shape index (κ3) is 3.58. The number of aryl methyl sites for hydroxylation is 2. The smallest absolute Gasteiger partial charge is 0.323 e. The molecule has 2 heterocycles. The topological polar surface area (TPSA) is 66.8 Å². The zero-order valence-corrected chi connectivity index (χ0v) is 12.5. The molecule has 5 nitrogen and oxygen atoms in total. The molecule has 1 aliphatic heterocycles. The van der Waals surface area contributed by atoms with Gasteiger partial charge >= 0.3 is 5.97 Å². The maximum atomic E-state index is 12.5. The third-order valence-corrected chi connectivity index (χ3v) is 4.30. The molecule has 0 bridgehead atoms. The fraction of sp³-hybridized carbons (Fsp3) is 0.571. The van der Waals surface area contributed by atoms with Crippen LogP contribution in [-0.2, 0) is 9.53 Å². The molecule has 110 valence electrons. The fourth-order valence-electron chi connectivity index (χ4n) is 2.43. The predicted octanol–water partition coefficient (Wildman–Crippen LogP) is 2.07. The number of thiophene rings is 1. The number of amides is 1. The molecular formula is C14H19NO4S. The van der Waals surface area contributed by atoms with Gasteiger partial charge in [-0.3, -0.25) is 9.59 Å². The van der Waals surface area contributed by atoms with Gasteiger partial charge in [0, 0.05) is 22.9 Å². The highest BCUT2D eigenvalue weighted by Gasteiger charge is 2.26. The molecule has 0 aliphatic carbocycles. The summed E-state index contributed by atoms with van der Waals surface area (Å²) < 4.78 is 5.50. The van der Waals surface area contributed by atoms with Crippen LogP contribution in [-0.4, -0.2) is 47.7 Å². The summed E-state index contributed by atoms with van der Waals surface area (Å²) in [6.45, 7) is 4.58. The maximum absolute atomic E-state index is 12.5.